The molecule has 7 rings (SSSR count). The number of aliphatic hydroxyl groups is 1. The summed E-state index contributed by atoms with van der Waals surface area (Å²) in [4.78, 5) is 74.7. The van der Waals surface area contributed by atoms with Crippen molar-refractivity contribution in [1.29, 1.82) is 0 Å². The first-order valence-electron chi connectivity index (χ1n) is 18.1. The minimum absolute atomic E-state index is 0.0978. The van der Waals surface area contributed by atoms with Crippen LogP contribution in [-0.2, 0) is 34.1 Å². The van der Waals surface area contributed by atoms with Crippen LogP contribution in [0.4, 0.5) is 10.5 Å². The lowest BCUT2D eigenvalue weighted by atomic mass is 9.65. The molecule has 13 heteroatoms. The molecule has 3 aliphatic rings. The van der Waals surface area contributed by atoms with Gasteiger partial charge in [0.25, 0.3) is 0 Å². The number of nitrogens with one attached hydrogen (secondary N) is 1. The largest absolute Gasteiger partial charge is 0.491 e. The van der Waals surface area contributed by atoms with Gasteiger partial charge in [0.2, 0.25) is 11.8 Å². The van der Waals surface area contributed by atoms with Gasteiger partial charge in [0, 0.05) is 5.56 Å². The van der Waals surface area contributed by atoms with Crippen molar-refractivity contribution in [2.75, 3.05) is 25.2 Å². The molecule has 4 amide bonds. The first-order chi connectivity index (χ1) is 26.6. The number of anilines is 1. The topological polar surface area (TPSA) is 178 Å². The van der Waals surface area contributed by atoms with Crippen LogP contribution in [0.5, 0.6) is 5.75 Å². The van der Waals surface area contributed by atoms with Crippen molar-refractivity contribution in [3.05, 3.63) is 131 Å². The molecule has 2 fully saturated rings. The molecule has 0 radical (unpaired) electrons. The number of fused-ring (bicyclic) bond motifs is 3. The minimum Gasteiger partial charge on any atom is -0.491 e. The number of methoxy groups -OCH3 is 1. The van der Waals surface area contributed by atoms with Gasteiger partial charge in [0.05, 0.1) is 37.4 Å². The van der Waals surface area contributed by atoms with Crippen LogP contribution in [0.2, 0.25) is 0 Å². The van der Waals surface area contributed by atoms with Gasteiger partial charge in [-0.05, 0) is 34.7 Å². The number of amides is 4. The van der Waals surface area contributed by atoms with Crippen LogP contribution in [0, 0.1) is 11.8 Å². The lowest BCUT2D eigenvalue weighted by molar-refractivity contribution is -0.178. The van der Waals surface area contributed by atoms with E-state index in [1.165, 1.54) is 7.11 Å². The Morgan fingerprint density at radius 1 is 0.873 bits per heavy atom. The molecule has 284 valence electrons. The van der Waals surface area contributed by atoms with Gasteiger partial charge in [0.15, 0.2) is 0 Å². The predicted octanol–water partition coefficient (Wildman–Crippen LogP) is 4.12. The number of morpholine rings is 1. The molecule has 4 aromatic carbocycles. The van der Waals surface area contributed by atoms with Gasteiger partial charge in [-0.3, -0.25) is 19.3 Å². The maximum Gasteiger partial charge on any atom is 0.329 e. The maximum atomic E-state index is 15.8. The number of ether oxygens (including phenoxy) is 3. The Morgan fingerprint density at radius 2 is 1.49 bits per heavy atom. The van der Waals surface area contributed by atoms with Crippen LogP contribution < -0.4 is 20.7 Å². The summed E-state index contributed by atoms with van der Waals surface area (Å²) in [5.74, 6) is -5.00. The van der Waals surface area contributed by atoms with Crippen LogP contribution in [-0.4, -0.2) is 72.2 Å². The highest BCUT2D eigenvalue weighted by atomic mass is 16.6. The molecule has 0 aromatic heterocycles. The summed E-state index contributed by atoms with van der Waals surface area (Å²) >= 11 is 0. The second-order valence-electron chi connectivity index (χ2n) is 14.1. The number of nitrogens with two attached hydrogens (primary N) is 1. The van der Waals surface area contributed by atoms with Crippen molar-refractivity contribution in [2.45, 2.75) is 49.5 Å². The number of rotatable bonds is 10. The molecule has 1 spiro atoms. The third kappa shape index (κ3) is 6.00. The van der Waals surface area contributed by atoms with Crippen LogP contribution in [0.1, 0.15) is 54.3 Å². The maximum absolute atomic E-state index is 15.8. The van der Waals surface area contributed by atoms with Gasteiger partial charge in [-0.2, -0.15) is 0 Å². The molecule has 3 heterocycles. The molecular weight excluding hydrogens is 704 g/mol. The standard InChI is InChI=1S/C42H42N4O9/c1-24(2)32(38(49)53-3)44-41(52)45-29-20-12-11-19-28(29)42(40(45)51)31(37(43)48)34-39(50)55-35(26-16-8-5-9-17-26)33(25-14-6-4-7-15-25)46(34)36(42)27-18-10-13-21-30(27)54-23-22-47/h4-21,24,31-36,47H,22-23H2,1-3H3,(H2,43,48)(H,44,52)/t31-,32-,33-,34-,35+,36+,42-/m0/s1. The molecule has 7 atom stereocenters. The van der Waals surface area contributed by atoms with Crippen molar-refractivity contribution in [3.63, 3.8) is 0 Å². The SMILES string of the molecule is COC(=O)[C@@H](NC(=O)N1C(=O)[C@@]2(c3ccccc31)[C@H](C(N)=O)[C@H]1C(=O)O[C@H](c3ccccc3)[C@H](c3ccccc3)N1[C@@H]2c1ccccc1OCCO)C(C)C. The summed E-state index contributed by atoms with van der Waals surface area (Å²) in [6, 6.07) is 26.5. The van der Waals surface area contributed by atoms with Crippen LogP contribution >= 0.6 is 0 Å². The Bertz CT molecular complexity index is 2110. The average Bonchev–Trinajstić information content (AvgIpc) is 3.66. The minimum atomic E-state index is -2.03. The monoisotopic (exact) mass is 746 g/mol. The Kier molecular flexibility index (Phi) is 10.2. The quantitative estimate of drug-likeness (QED) is 0.200. The van der Waals surface area contributed by atoms with E-state index >= 15 is 4.79 Å². The number of primary amides is 1. The van der Waals surface area contributed by atoms with Crippen LogP contribution in [0.3, 0.4) is 0 Å². The lowest BCUT2D eigenvalue weighted by Gasteiger charge is -2.46. The fourth-order valence-electron chi connectivity index (χ4n) is 8.68. The highest BCUT2D eigenvalue weighted by Gasteiger charge is 2.75. The molecule has 3 aliphatic heterocycles. The van der Waals surface area contributed by atoms with E-state index in [0.717, 1.165) is 10.5 Å². The van der Waals surface area contributed by atoms with Gasteiger partial charge >= 0.3 is 18.0 Å². The Hall–Kier alpha value is -6.05. The van der Waals surface area contributed by atoms with Crippen molar-refractivity contribution < 1.29 is 43.3 Å². The third-order valence-corrected chi connectivity index (χ3v) is 10.8. The molecule has 0 unspecified atom stereocenters. The Labute approximate surface area is 318 Å². The number of benzene rings is 4. The van der Waals surface area contributed by atoms with E-state index in [1.54, 1.807) is 62.4 Å². The fourth-order valence-corrected chi connectivity index (χ4v) is 8.68. The smallest absolute Gasteiger partial charge is 0.329 e. The zero-order valence-corrected chi connectivity index (χ0v) is 30.5. The van der Waals surface area contributed by atoms with Crippen molar-refractivity contribution in [3.8, 4) is 5.75 Å². The van der Waals surface area contributed by atoms with Gasteiger partial charge in [-0.25, -0.2) is 14.5 Å². The number of aliphatic hydroxyl groups excluding tert-OH is 1. The number of hydrogen-bond donors (Lipinski definition) is 3. The van der Waals surface area contributed by atoms with Crippen molar-refractivity contribution >= 4 is 35.5 Å². The summed E-state index contributed by atoms with van der Waals surface area (Å²) < 4.78 is 17.4. The van der Waals surface area contributed by atoms with Crippen molar-refractivity contribution in [2.24, 2.45) is 17.6 Å². The molecule has 55 heavy (non-hydrogen) atoms. The molecular formula is C42H42N4O9. The number of cyclic esters (lactones) is 1. The fraction of sp³-hybridized carbons (Fsp3) is 0.310. The second kappa shape index (κ2) is 15.0. The summed E-state index contributed by atoms with van der Waals surface area (Å²) in [5.41, 5.74) is 6.55. The van der Waals surface area contributed by atoms with Gasteiger partial charge in [-0.15, -0.1) is 0 Å². The number of imide groups is 1. The highest BCUT2D eigenvalue weighted by Crippen LogP contribution is 2.66. The highest BCUT2D eigenvalue weighted by molar-refractivity contribution is 6.25. The normalized spacial score (nSPS) is 24.9. The molecule has 13 nitrogen and oxygen atoms in total. The van der Waals surface area contributed by atoms with Crippen LogP contribution in [0.15, 0.2) is 109 Å². The van der Waals surface area contributed by atoms with E-state index in [9.17, 15) is 24.3 Å². The van der Waals surface area contributed by atoms with E-state index in [0.29, 0.717) is 11.1 Å². The molecule has 4 aromatic rings. The summed E-state index contributed by atoms with van der Waals surface area (Å²) in [7, 11) is 1.20. The molecule has 0 saturated carbocycles. The van der Waals surface area contributed by atoms with E-state index in [1.807, 2.05) is 65.6 Å². The zero-order chi connectivity index (χ0) is 39.0. The number of hydrogen-bond acceptors (Lipinski definition) is 10. The van der Waals surface area contributed by atoms with Gasteiger partial charge in [0.1, 0.15) is 36.0 Å². The second-order valence-corrected chi connectivity index (χ2v) is 14.1. The predicted molar refractivity (Wildman–Crippen MR) is 199 cm³/mol. The van der Waals surface area contributed by atoms with Crippen LogP contribution in [0.25, 0.3) is 0 Å². The third-order valence-electron chi connectivity index (χ3n) is 10.8. The summed E-state index contributed by atoms with van der Waals surface area (Å²) in [5, 5.41) is 12.5. The molecule has 0 aliphatic carbocycles. The summed E-state index contributed by atoms with van der Waals surface area (Å²) in [6.45, 7) is 3.03. The van der Waals surface area contributed by atoms with E-state index in [-0.39, 0.29) is 30.2 Å². The number of carbonyl (C=O) groups excluding carboxylic acids is 5. The number of para-hydroxylation sites is 2. The first-order valence-corrected chi connectivity index (χ1v) is 18.1. The number of urea groups is 1. The number of carbonyl (C=O) groups is 5. The molecule has 0 bridgehead atoms. The zero-order valence-electron chi connectivity index (χ0n) is 30.5. The average molecular weight is 747 g/mol. The number of nitrogens with zero attached hydrogens (tertiary/aromatic N) is 2. The molecule has 2 saturated heterocycles. The summed E-state index contributed by atoms with van der Waals surface area (Å²) in [6.07, 6.45) is -0.915. The number of esters is 2. The van der Waals surface area contributed by atoms with E-state index in [2.05, 4.69) is 5.32 Å². The molecule has 4 N–H and O–H groups in total. The Morgan fingerprint density at radius 3 is 2.13 bits per heavy atom. The Balaban J connectivity index is 1.54. The van der Waals surface area contributed by atoms with E-state index < -0.39 is 77.3 Å². The van der Waals surface area contributed by atoms with E-state index in [4.69, 9.17) is 19.9 Å². The first kappa shape index (κ1) is 37.3. The van der Waals surface area contributed by atoms with Crippen molar-refractivity contribution in [1.82, 2.24) is 10.2 Å². The lowest BCUT2D eigenvalue weighted by Crippen LogP contribution is -2.57. The van der Waals surface area contributed by atoms with Gasteiger partial charge in [-0.1, -0.05) is 111 Å². The van der Waals surface area contributed by atoms with Gasteiger partial charge < -0.3 is 30.4 Å².